The Balaban J connectivity index is 2.31. The summed E-state index contributed by atoms with van der Waals surface area (Å²) in [5.74, 6) is 0. The lowest BCUT2D eigenvalue weighted by atomic mass is 10.2. The van der Waals surface area contributed by atoms with Crippen LogP contribution in [-0.2, 0) is 11.3 Å². The summed E-state index contributed by atoms with van der Waals surface area (Å²) in [4.78, 5) is 3.86. The molecule has 0 radical (unpaired) electrons. The summed E-state index contributed by atoms with van der Waals surface area (Å²) in [6, 6.07) is 4.30. The standard InChI is InChI=1S/C13H24N2OS/c1-3-15(11-13-6-5-9-17-13)8-7-12(10-14)16-4-2/h5-6,9,12H,3-4,7-8,10-11,14H2,1-2H3. The molecule has 0 aliphatic carbocycles. The molecule has 1 aromatic heterocycles. The van der Waals surface area contributed by atoms with Crippen molar-refractivity contribution in [3.05, 3.63) is 22.4 Å². The second-order valence-corrected chi connectivity index (χ2v) is 5.08. The highest BCUT2D eigenvalue weighted by atomic mass is 32.1. The normalized spacial score (nSPS) is 13.2. The van der Waals surface area contributed by atoms with Crippen molar-refractivity contribution in [2.45, 2.75) is 32.9 Å². The molecule has 2 N–H and O–H groups in total. The maximum absolute atomic E-state index is 5.68. The van der Waals surface area contributed by atoms with Crippen LogP contribution in [0.5, 0.6) is 0 Å². The van der Waals surface area contributed by atoms with Gasteiger partial charge in [0, 0.05) is 31.1 Å². The molecule has 1 unspecified atom stereocenters. The number of nitrogens with zero attached hydrogens (tertiary/aromatic N) is 1. The Labute approximate surface area is 109 Å². The topological polar surface area (TPSA) is 38.5 Å². The predicted octanol–water partition coefficient (Wildman–Crippen LogP) is 2.32. The van der Waals surface area contributed by atoms with Gasteiger partial charge in [-0.3, -0.25) is 4.90 Å². The first-order chi connectivity index (χ1) is 8.30. The fraction of sp³-hybridized carbons (Fsp3) is 0.692. The molecule has 1 heterocycles. The van der Waals surface area contributed by atoms with Gasteiger partial charge in [0.05, 0.1) is 6.10 Å². The van der Waals surface area contributed by atoms with E-state index in [-0.39, 0.29) is 6.10 Å². The molecular formula is C13H24N2OS. The summed E-state index contributed by atoms with van der Waals surface area (Å²) < 4.78 is 5.57. The van der Waals surface area contributed by atoms with Gasteiger partial charge in [0.1, 0.15) is 0 Å². The summed E-state index contributed by atoms with van der Waals surface area (Å²) in [7, 11) is 0. The van der Waals surface area contributed by atoms with Crippen molar-refractivity contribution in [3.63, 3.8) is 0 Å². The number of hydrogen-bond acceptors (Lipinski definition) is 4. The highest BCUT2D eigenvalue weighted by Crippen LogP contribution is 2.12. The maximum atomic E-state index is 5.68. The van der Waals surface area contributed by atoms with Crippen molar-refractivity contribution in [1.29, 1.82) is 0 Å². The Bertz CT molecular complexity index is 277. The highest BCUT2D eigenvalue weighted by Gasteiger charge is 2.10. The Hall–Kier alpha value is -0.420. The molecular weight excluding hydrogens is 232 g/mol. The summed E-state index contributed by atoms with van der Waals surface area (Å²) >= 11 is 1.82. The molecule has 3 nitrogen and oxygen atoms in total. The van der Waals surface area contributed by atoms with Crippen molar-refractivity contribution >= 4 is 11.3 Å². The van der Waals surface area contributed by atoms with Crippen LogP contribution in [0.2, 0.25) is 0 Å². The minimum Gasteiger partial charge on any atom is -0.377 e. The van der Waals surface area contributed by atoms with Crippen LogP contribution in [0.25, 0.3) is 0 Å². The lowest BCUT2D eigenvalue weighted by molar-refractivity contribution is 0.0542. The van der Waals surface area contributed by atoms with E-state index in [1.165, 1.54) is 4.88 Å². The van der Waals surface area contributed by atoms with Crippen LogP contribution in [0.15, 0.2) is 17.5 Å². The first kappa shape index (κ1) is 14.6. The van der Waals surface area contributed by atoms with Gasteiger partial charge < -0.3 is 10.5 Å². The van der Waals surface area contributed by atoms with Crippen molar-refractivity contribution < 1.29 is 4.74 Å². The monoisotopic (exact) mass is 256 g/mol. The van der Waals surface area contributed by atoms with Crippen molar-refractivity contribution in [2.75, 3.05) is 26.2 Å². The van der Waals surface area contributed by atoms with E-state index in [9.17, 15) is 0 Å². The number of thiophene rings is 1. The molecule has 1 rings (SSSR count). The van der Waals surface area contributed by atoms with Crippen LogP contribution in [0.4, 0.5) is 0 Å². The molecule has 0 aliphatic rings. The lowest BCUT2D eigenvalue weighted by Gasteiger charge is -2.22. The molecule has 17 heavy (non-hydrogen) atoms. The van der Waals surface area contributed by atoms with Crippen LogP contribution in [0, 0.1) is 0 Å². The average Bonchev–Trinajstić information content (AvgIpc) is 2.85. The van der Waals surface area contributed by atoms with Gasteiger partial charge in [0.2, 0.25) is 0 Å². The molecule has 0 fully saturated rings. The van der Waals surface area contributed by atoms with Gasteiger partial charge in [-0.1, -0.05) is 13.0 Å². The van der Waals surface area contributed by atoms with Gasteiger partial charge >= 0.3 is 0 Å². The molecule has 98 valence electrons. The maximum Gasteiger partial charge on any atom is 0.0709 e. The molecule has 0 spiro atoms. The molecule has 0 saturated heterocycles. The van der Waals surface area contributed by atoms with Crippen LogP contribution in [0.1, 0.15) is 25.1 Å². The number of nitrogens with two attached hydrogens (primary N) is 1. The molecule has 0 bridgehead atoms. The van der Waals surface area contributed by atoms with Gasteiger partial charge in [-0.15, -0.1) is 11.3 Å². The van der Waals surface area contributed by atoms with E-state index in [4.69, 9.17) is 10.5 Å². The quantitative estimate of drug-likeness (QED) is 0.737. The lowest BCUT2D eigenvalue weighted by Crippen LogP contribution is -2.31. The minimum absolute atomic E-state index is 0.206. The van der Waals surface area contributed by atoms with Gasteiger partial charge in [0.25, 0.3) is 0 Å². The van der Waals surface area contributed by atoms with E-state index in [2.05, 4.69) is 29.3 Å². The third-order valence-corrected chi connectivity index (χ3v) is 3.70. The Morgan fingerprint density at radius 2 is 2.29 bits per heavy atom. The molecule has 1 aromatic rings. The van der Waals surface area contributed by atoms with Crippen molar-refractivity contribution in [2.24, 2.45) is 5.73 Å². The van der Waals surface area contributed by atoms with E-state index in [0.29, 0.717) is 6.54 Å². The zero-order valence-corrected chi connectivity index (χ0v) is 11.7. The van der Waals surface area contributed by atoms with Gasteiger partial charge in [0.15, 0.2) is 0 Å². The summed E-state index contributed by atoms with van der Waals surface area (Å²) in [6.45, 7) is 8.75. The molecule has 0 aromatic carbocycles. The summed E-state index contributed by atoms with van der Waals surface area (Å²) in [5, 5.41) is 2.13. The van der Waals surface area contributed by atoms with E-state index in [1.807, 2.05) is 18.3 Å². The van der Waals surface area contributed by atoms with Crippen LogP contribution < -0.4 is 5.73 Å². The fourth-order valence-electron chi connectivity index (χ4n) is 1.80. The first-order valence-electron chi connectivity index (χ1n) is 6.36. The summed E-state index contributed by atoms with van der Waals surface area (Å²) in [5.41, 5.74) is 5.68. The smallest absolute Gasteiger partial charge is 0.0709 e. The molecule has 4 heteroatoms. The second kappa shape index (κ2) is 8.64. The average molecular weight is 256 g/mol. The third kappa shape index (κ3) is 5.64. The van der Waals surface area contributed by atoms with Crippen LogP contribution in [0.3, 0.4) is 0 Å². The van der Waals surface area contributed by atoms with Crippen molar-refractivity contribution in [3.8, 4) is 0 Å². The van der Waals surface area contributed by atoms with Crippen LogP contribution in [-0.4, -0.2) is 37.2 Å². The Morgan fingerprint density at radius 1 is 1.47 bits per heavy atom. The zero-order chi connectivity index (χ0) is 12.5. The van der Waals surface area contributed by atoms with E-state index in [0.717, 1.165) is 32.7 Å². The predicted molar refractivity (Wildman–Crippen MR) is 74.4 cm³/mol. The third-order valence-electron chi connectivity index (χ3n) is 2.84. The number of rotatable bonds is 9. The highest BCUT2D eigenvalue weighted by molar-refractivity contribution is 7.09. The zero-order valence-electron chi connectivity index (χ0n) is 10.9. The fourth-order valence-corrected chi connectivity index (χ4v) is 2.55. The Morgan fingerprint density at radius 3 is 2.82 bits per heavy atom. The SMILES string of the molecule is CCOC(CN)CCN(CC)Cc1cccs1. The molecule has 0 saturated carbocycles. The first-order valence-corrected chi connectivity index (χ1v) is 7.24. The molecule has 0 amide bonds. The van der Waals surface area contributed by atoms with Crippen molar-refractivity contribution in [1.82, 2.24) is 4.90 Å². The van der Waals surface area contributed by atoms with Gasteiger partial charge in [-0.2, -0.15) is 0 Å². The van der Waals surface area contributed by atoms with E-state index in [1.54, 1.807) is 0 Å². The van der Waals surface area contributed by atoms with Gasteiger partial charge in [-0.25, -0.2) is 0 Å². The minimum atomic E-state index is 0.206. The Kier molecular flexibility index (Phi) is 7.44. The van der Waals surface area contributed by atoms with E-state index < -0.39 is 0 Å². The van der Waals surface area contributed by atoms with Crippen LogP contribution >= 0.6 is 11.3 Å². The summed E-state index contributed by atoms with van der Waals surface area (Å²) in [6.07, 6.45) is 1.22. The van der Waals surface area contributed by atoms with E-state index >= 15 is 0 Å². The number of ether oxygens (including phenoxy) is 1. The molecule has 1 atom stereocenters. The van der Waals surface area contributed by atoms with Gasteiger partial charge in [-0.05, 0) is 31.3 Å². The number of hydrogen-bond donors (Lipinski definition) is 1. The second-order valence-electron chi connectivity index (χ2n) is 4.05. The largest absolute Gasteiger partial charge is 0.377 e. The molecule has 0 aliphatic heterocycles.